The van der Waals surface area contributed by atoms with E-state index >= 15 is 0 Å². The average molecular weight is 396 g/mol. The average Bonchev–Trinajstić information content (AvgIpc) is 3.19. The number of carbonyl (C=O) groups excluding carboxylic acids is 1. The SMILES string of the molecule is COc1ccc(NC(=O)NCc2cccc3cn[nH]c23)cc1OCCCC(C)C. The summed E-state index contributed by atoms with van der Waals surface area (Å²) in [4.78, 5) is 12.3. The molecule has 1 heterocycles. The zero-order valence-corrected chi connectivity index (χ0v) is 17.1. The van der Waals surface area contributed by atoms with Gasteiger partial charge in [-0.15, -0.1) is 0 Å². The summed E-state index contributed by atoms with van der Waals surface area (Å²) < 4.78 is 11.2. The fourth-order valence-corrected chi connectivity index (χ4v) is 3.07. The van der Waals surface area contributed by atoms with Crippen molar-refractivity contribution < 1.29 is 14.3 Å². The summed E-state index contributed by atoms with van der Waals surface area (Å²) in [7, 11) is 1.60. The Balaban J connectivity index is 1.58. The molecule has 2 amide bonds. The number of aromatic amines is 1. The Labute approximate surface area is 170 Å². The highest BCUT2D eigenvalue weighted by molar-refractivity contribution is 5.90. The van der Waals surface area contributed by atoms with E-state index in [2.05, 4.69) is 34.7 Å². The predicted molar refractivity (Wildman–Crippen MR) is 115 cm³/mol. The first-order valence-corrected chi connectivity index (χ1v) is 9.83. The minimum absolute atomic E-state index is 0.294. The molecule has 3 N–H and O–H groups in total. The van der Waals surface area contributed by atoms with Crippen molar-refractivity contribution in [3.8, 4) is 11.5 Å². The zero-order chi connectivity index (χ0) is 20.6. The summed E-state index contributed by atoms with van der Waals surface area (Å²) in [5, 5.41) is 13.7. The molecule has 0 aliphatic heterocycles. The maximum Gasteiger partial charge on any atom is 0.319 e. The van der Waals surface area contributed by atoms with E-state index in [-0.39, 0.29) is 6.03 Å². The van der Waals surface area contributed by atoms with Gasteiger partial charge in [0.25, 0.3) is 0 Å². The van der Waals surface area contributed by atoms with Crippen LogP contribution in [0, 0.1) is 5.92 Å². The quantitative estimate of drug-likeness (QED) is 0.457. The second-order valence-corrected chi connectivity index (χ2v) is 7.31. The summed E-state index contributed by atoms with van der Waals surface area (Å²) in [6, 6.07) is 10.9. The van der Waals surface area contributed by atoms with Crippen molar-refractivity contribution in [2.75, 3.05) is 19.0 Å². The number of rotatable bonds is 9. The third-order valence-electron chi connectivity index (χ3n) is 4.61. The van der Waals surface area contributed by atoms with E-state index in [4.69, 9.17) is 9.47 Å². The number of amides is 2. The first kappa shape index (κ1) is 20.5. The highest BCUT2D eigenvalue weighted by atomic mass is 16.5. The molecule has 7 heteroatoms. The van der Waals surface area contributed by atoms with Crippen molar-refractivity contribution in [3.63, 3.8) is 0 Å². The number of para-hydroxylation sites is 1. The molecule has 0 fully saturated rings. The standard InChI is InChI=1S/C22H28N4O3/c1-15(2)6-5-11-29-20-12-18(9-10-19(20)28-3)25-22(27)23-13-16-7-4-8-17-14-24-26-21(16)17/h4,7-10,12,14-15H,5-6,11,13H2,1-3H3,(H,24,26)(H2,23,25,27). The second kappa shape index (κ2) is 9.82. The van der Waals surface area contributed by atoms with E-state index in [0.717, 1.165) is 29.3 Å². The van der Waals surface area contributed by atoms with Crippen LogP contribution in [-0.4, -0.2) is 29.9 Å². The summed E-state index contributed by atoms with van der Waals surface area (Å²) >= 11 is 0. The molecule has 3 aromatic rings. The molecule has 0 spiro atoms. The Morgan fingerprint density at radius 1 is 1.21 bits per heavy atom. The Hall–Kier alpha value is -3.22. The van der Waals surface area contributed by atoms with Crippen molar-refractivity contribution in [2.24, 2.45) is 5.92 Å². The van der Waals surface area contributed by atoms with Gasteiger partial charge in [-0.25, -0.2) is 4.79 Å². The number of hydrogen-bond donors (Lipinski definition) is 3. The third kappa shape index (κ3) is 5.63. The largest absolute Gasteiger partial charge is 0.493 e. The number of benzene rings is 2. The highest BCUT2D eigenvalue weighted by Gasteiger charge is 2.09. The smallest absolute Gasteiger partial charge is 0.319 e. The maximum absolute atomic E-state index is 12.3. The monoisotopic (exact) mass is 396 g/mol. The molecular formula is C22H28N4O3. The van der Waals surface area contributed by atoms with Crippen LogP contribution in [0.2, 0.25) is 0 Å². The molecule has 1 aromatic heterocycles. The Bertz CT molecular complexity index is 952. The number of urea groups is 1. The number of hydrogen-bond acceptors (Lipinski definition) is 4. The van der Waals surface area contributed by atoms with Gasteiger partial charge >= 0.3 is 6.03 Å². The molecule has 2 aromatic carbocycles. The number of methoxy groups -OCH3 is 1. The van der Waals surface area contributed by atoms with Crippen LogP contribution in [0.5, 0.6) is 11.5 Å². The Morgan fingerprint density at radius 2 is 2.07 bits per heavy atom. The van der Waals surface area contributed by atoms with Crippen molar-refractivity contribution in [3.05, 3.63) is 48.2 Å². The number of ether oxygens (including phenoxy) is 2. The Kier molecular flexibility index (Phi) is 6.94. The molecule has 0 aliphatic rings. The minimum atomic E-state index is -0.294. The predicted octanol–water partition coefficient (Wildman–Crippen LogP) is 4.71. The fraction of sp³-hybridized carbons (Fsp3) is 0.364. The van der Waals surface area contributed by atoms with Crippen molar-refractivity contribution in [1.29, 1.82) is 0 Å². The van der Waals surface area contributed by atoms with Crippen molar-refractivity contribution in [1.82, 2.24) is 15.5 Å². The lowest BCUT2D eigenvalue weighted by molar-refractivity contribution is 0.251. The number of aromatic nitrogens is 2. The van der Waals surface area contributed by atoms with E-state index in [1.165, 1.54) is 0 Å². The van der Waals surface area contributed by atoms with Gasteiger partial charge in [0, 0.05) is 23.7 Å². The number of carbonyl (C=O) groups is 1. The molecule has 0 saturated carbocycles. The van der Waals surface area contributed by atoms with E-state index in [0.29, 0.717) is 36.3 Å². The molecule has 29 heavy (non-hydrogen) atoms. The van der Waals surface area contributed by atoms with Gasteiger partial charge in [-0.05, 0) is 36.5 Å². The fourth-order valence-electron chi connectivity index (χ4n) is 3.07. The third-order valence-corrected chi connectivity index (χ3v) is 4.61. The first-order valence-electron chi connectivity index (χ1n) is 9.83. The summed E-state index contributed by atoms with van der Waals surface area (Å²) in [6.07, 6.45) is 3.84. The van der Waals surface area contributed by atoms with Gasteiger partial charge in [0.2, 0.25) is 0 Å². The summed E-state index contributed by atoms with van der Waals surface area (Å²) in [5.74, 6) is 1.91. The van der Waals surface area contributed by atoms with Crippen LogP contribution in [0.1, 0.15) is 32.3 Å². The minimum Gasteiger partial charge on any atom is -0.493 e. The molecule has 154 valence electrons. The lowest BCUT2D eigenvalue weighted by atomic mass is 10.1. The van der Waals surface area contributed by atoms with E-state index in [1.807, 2.05) is 18.2 Å². The van der Waals surface area contributed by atoms with Crippen LogP contribution in [0.15, 0.2) is 42.6 Å². The zero-order valence-electron chi connectivity index (χ0n) is 17.1. The van der Waals surface area contributed by atoms with Crippen LogP contribution in [0.25, 0.3) is 10.9 Å². The maximum atomic E-state index is 12.3. The lowest BCUT2D eigenvalue weighted by Gasteiger charge is -2.14. The normalized spacial score (nSPS) is 10.9. The first-order chi connectivity index (χ1) is 14.1. The van der Waals surface area contributed by atoms with Gasteiger partial charge in [-0.2, -0.15) is 5.10 Å². The van der Waals surface area contributed by atoms with Crippen LogP contribution >= 0.6 is 0 Å². The van der Waals surface area contributed by atoms with Gasteiger partial charge < -0.3 is 20.1 Å². The van der Waals surface area contributed by atoms with E-state index < -0.39 is 0 Å². The number of nitrogens with one attached hydrogen (secondary N) is 3. The molecule has 0 radical (unpaired) electrons. The van der Waals surface area contributed by atoms with E-state index in [1.54, 1.807) is 31.5 Å². The topological polar surface area (TPSA) is 88.3 Å². The van der Waals surface area contributed by atoms with Crippen LogP contribution in [0.4, 0.5) is 10.5 Å². The molecule has 0 atom stereocenters. The van der Waals surface area contributed by atoms with Crippen LogP contribution in [-0.2, 0) is 6.54 Å². The number of fused-ring (bicyclic) bond motifs is 1. The van der Waals surface area contributed by atoms with Crippen molar-refractivity contribution in [2.45, 2.75) is 33.2 Å². The number of H-pyrrole nitrogens is 1. The second-order valence-electron chi connectivity index (χ2n) is 7.31. The molecular weight excluding hydrogens is 368 g/mol. The molecule has 0 bridgehead atoms. The van der Waals surface area contributed by atoms with Crippen LogP contribution < -0.4 is 20.1 Å². The van der Waals surface area contributed by atoms with Crippen LogP contribution in [0.3, 0.4) is 0 Å². The molecule has 7 nitrogen and oxygen atoms in total. The highest BCUT2D eigenvalue weighted by Crippen LogP contribution is 2.30. The lowest BCUT2D eigenvalue weighted by Crippen LogP contribution is -2.28. The van der Waals surface area contributed by atoms with Crippen molar-refractivity contribution >= 4 is 22.6 Å². The summed E-state index contributed by atoms with van der Waals surface area (Å²) in [6.45, 7) is 5.38. The van der Waals surface area contributed by atoms with Gasteiger partial charge in [0.15, 0.2) is 11.5 Å². The molecule has 0 saturated heterocycles. The van der Waals surface area contributed by atoms with Gasteiger partial charge in [0.1, 0.15) is 0 Å². The van der Waals surface area contributed by atoms with E-state index in [9.17, 15) is 4.79 Å². The number of nitrogens with zero attached hydrogens (tertiary/aromatic N) is 1. The van der Waals surface area contributed by atoms with Gasteiger partial charge in [-0.3, -0.25) is 5.10 Å². The molecule has 0 aliphatic carbocycles. The Morgan fingerprint density at radius 3 is 2.86 bits per heavy atom. The number of anilines is 1. The molecule has 3 rings (SSSR count). The molecule has 0 unspecified atom stereocenters. The van der Waals surface area contributed by atoms with Gasteiger partial charge in [0.05, 0.1) is 25.4 Å². The van der Waals surface area contributed by atoms with Gasteiger partial charge in [-0.1, -0.05) is 32.0 Å². The summed E-state index contributed by atoms with van der Waals surface area (Å²) in [5.41, 5.74) is 2.54.